The van der Waals surface area contributed by atoms with Gasteiger partial charge < -0.3 is 19.9 Å². The first-order valence-corrected chi connectivity index (χ1v) is 7.83. The molecule has 1 aromatic carbocycles. The molecule has 126 valence electrons. The van der Waals surface area contributed by atoms with Crippen molar-refractivity contribution in [1.29, 1.82) is 0 Å². The molecule has 1 amide bonds. The smallest absolute Gasteiger partial charge is 0.330 e. The first-order valence-electron chi connectivity index (χ1n) is 7.03. The molecular weight excluding hydrogens is 366 g/mol. The quantitative estimate of drug-likeness (QED) is 0.477. The summed E-state index contributed by atoms with van der Waals surface area (Å²) in [7, 11) is 1.52. The van der Waals surface area contributed by atoms with Gasteiger partial charge in [0.25, 0.3) is 0 Å². The average Bonchev–Trinajstić information content (AvgIpc) is 2.52. The Balaban J connectivity index is 2.65. The monoisotopic (exact) mass is 385 g/mol. The van der Waals surface area contributed by atoms with Crippen LogP contribution < -0.4 is 10.1 Å². The van der Waals surface area contributed by atoms with Crippen LogP contribution in [0.4, 0.5) is 0 Å². The summed E-state index contributed by atoms with van der Waals surface area (Å²) >= 11 is 3.30. The van der Waals surface area contributed by atoms with Crippen molar-refractivity contribution in [1.82, 2.24) is 5.32 Å². The van der Waals surface area contributed by atoms with Crippen molar-refractivity contribution in [2.45, 2.75) is 18.9 Å². The van der Waals surface area contributed by atoms with Gasteiger partial charge in [-0.2, -0.15) is 0 Å². The highest BCUT2D eigenvalue weighted by molar-refractivity contribution is 9.10. The van der Waals surface area contributed by atoms with Crippen LogP contribution in [0, 0.1) is 0 Å². The van der Waals surface area contributed by atoms with Gasteiger partial charge in [-0.1, -0.05) is 12.1 Å². The number of halogens is 1. The number of aliphatic carboxylic acids is 1. The molecule has 23 heavy (non-hydrogen) atoms. The molecule has 6 nitrogen and oxygen atoms in total. The van der Waals surface area contributed by atoms with E-state index in [1.807, 2.05) is 0 Å². The summed E-state index contributed by atoms with van der Waals surface area (Å²) in [6.07, 6.45) is 2.33. The summed E-state index contributed by atoms with van der Waals surface area (Å²) in [4.78, 5) is 23.3. The lowest BCUT2D eigenvalue weighted by atomic mass is 10.1. The van der Waals surface area contributed by atoms with E-state index >= 15 is 0 Å². The second-order valence-corrected chi connectivity index (χ2v) is 5.55. The molecule has 0 aliphatic heterocycles. The number of carboxylic acids is 1. The Morgan fingerprint density at radius 3 is 2.78 bits per heavy atom. The van der Waals surface area contributed by atoms with Gasteiger partial charge in [-0.3, -0.25) is 4.79 Å². The van der Waals surface area contributed by atoms with Gasteiger partial charge in [-0.25, -0.2) is 4.79 Å². The van der Waals surface area contributed by atoms with Crippen LogP contribution in [0.1, 0.15) is 24.4 Å². The number of carbonyl (C=O) groups is 2. The van der Waals surface area contributed by atoms with Gasteiger partial charge in [0.05, 0.1) is 18.2 Å². The number of nitrogens with one attached hydrogen (secondary N) is 1. The Hall–Kier alpha value is -1.86. The van der Waals surface area contributed by atoms with E-state index in [1.54, 1.807) is 24.3 Å². The molecule has 0 fully saturated rings. The van der Waals surface area contributed by atoms with Crippen molar-refractivity contribution in [2.24, 2.45) is 0 Å². The highest BCUT2D eigenvalue weighted by Crippen LogP contribution is 2.28. The maximum Gasteiger partial charge on any atom is 0.330 e. The van der Waals surface area contributed by atoms with Crippen LogP contribution in [0.3, 0.4) is 0 Å². The minimum absolute atomic E-state index is 0.193. The molecular formula is C16H20BrNO5. The van der Waals surface area contributed by atoms with Crippen LogP contribution in [0.5, 0.6) is 5.75 Å². The van der Waals surface area contributed by atoms with Crippen LogP contribution in [0.2, 0.25) is 0 Å². The maximum atomic E-state index is 11.9. The van der Waals surface area contributed by atoms with Gasteiger partial charge in [0.2, 0.25) is 5.91 Å². The van der Waals surface area contributed by atoms with Crippen molar-refractivity contribution < 1.29 is 24.2 Å². The Kier molecular flexibility index (Phi) is 8.36. The minimum atomic E-state index is -1.13. The molecule has 0 spiro atoms. The maximum absolute atomic E-state index is 11.9. The molecule has 0 aliphatic carbocycles. The van der Waals surface area contributed by atoms with Crippen molar-refractivity contribution >= 4 is 27.8 Å². The lowest BCUT2D eigenvalue weighted by Crippen LogP contribution is -2.33. The molecule has 0 radical (unpaired) electrons. The summed E-state index contributed by atoms with van der Waals surface area (Å²) in [5.74, 6) is -0.881. The van der Waals surface area contributed by atoms with Gasteiger partial charge >= 0.3 is 5.97 Å². The number of benzene rings is 1. The molecule has 1 rings (SSSR count). The number of amides is 1. The van der Waals surface area contributed by atoms with Crippen molar-refractivity contribution in [3.05, 3.63) is 40.9 Å². The number of ether oxygens (including phenoxy) is 2. The SMILES string of the molecule is C=CCOCCCC(=O)NC(C(=O)O)c1ccc(OC)c(Br)c1. The summed E-state index contributed by atoms with van der Waals surface area (Å²) in [6, 6.07) is 3.75. The predicted octanol–water partition coefficient (Wildman–Crippen LogP) is 2.68. The largest absolute Gasteiger partial charge is 0.496 e. The van der Waals surface area contributed by atoms with Gasteiger partial charge in [-0.15, -0.1) is 6.58 Å². The van der Waals surface area contributed by atoms with Gasteiger partial charge in [0, 0.05) is 13.0 Å². The van der Waals surface area contributed by atoms with Crippen LogP contribution in [-0.4, -0.2) is 37.3 Å². The molecule has 0 saturated heterocycles. The summed E-state index contributed by atoms with van der Waals surface area (Å²) in [5.41, 5.74) is 0.460. The Morgan fingerprint density at radius 2 is 2.22 bits per heavy atom. The van der Waals surface area contributed by atoms with Crippen molar-refractivity contribution in [2.75, 3.05) is 20.3 Å². The zero-order chi connectivity index (χ0) is 17.2. The third-order valence-corrected chi connectivity index (χ3v) is 3.61. The molecule has 1 unspecified atom stereocenters. The second-order valence-electron chi connectivity index (χ2n) is 4.70. The average molecular weight is 386 g/mol. The molecule has 0 aliphatic rings. The molecule has 1 atom stereocenters. The molecule has 0 bridgehead atoms. The molecule has 1 aromatic rings. The Labute approximate surface area is 143 Å². The van der Waals surface area contributed by atoms with E-state index in [-0.39, 0.29) is 12.3 Å². The number of hydrogen-bond donors (Lipinski definition) is 2. The van der Waals surface area contributed by atoms with E-state index in [0.717, 1.165) is 0 Å². The standard InChI is InChI=1S/C16H20BrNO5/c1-3-8-23-9-4-5-14(19)18-15(16(20)21)11-6-7-13(22-2)12(17)10-11/h3,6-7,10,15H,1,4-5,8-9H2,2H3,(H,18,19)(H,20,21). The van der Waals surface area contributed by atoms with Crippen LogP contribution in [0.15, 0.2) is 35.3 Å². The normalized spacial score (nSPS) is 11.6. The molecule has 0 aromatic heterocycles. The van der Waals surface area contributed by atoms with Crippen LogP contribution in [-0.2, 0) is 14.3 Å². The van der Waals surface area contributed by atoms with E-state index in [0.29, 0.717) is 35.4 Å². The second kappa shape index (κ2) is 10.0. The lowest BCUT2D eigenvalue weighted by Gasteiger charge is -2.16. The first kappa shape index (κ1) is 19.2. The Morgan fingerprint density at radius 1 is 1.48 bits per heavy atom. The third kappa shape index (κ3) is 6.42. The van der Waals surface area contributed by atoms with Crippen molar-refractivity contribution in [3.8, 4) is 5.75 Å². The molecule has 0 saturated carbocycles. The zero-order valence-corrected chi connectivity index (χ0v) is 14.5. The van der Waals surface area contributed by atoms with Crippen LogP contribution >= 0.6 is 15.9 Å². The fourth-order valence-electron chi connectivity index (χ4n) is 1.88. The van der Waals surface area contributed by atoms with E-state index in [4.69, 9.17) is 9.47 Å². The lowest BCUT2D eigenvalue weighted by molar-refractivity contribution is -0.142. The topological polar surface area (TPSA) is 84.9 Å². The minimum Gasteiger partial charge on any atom is -0.496 e. The van der Waals surface area contributed by atoms with Gasteiger partial charge in [-0.05, 0) is 40.0 Å². The van der Waals surface area contributed by atoms with E-state index in [2.05, 4.69) is 27.8 Å². The number of hydrogen-bond acceptors (Lipinski definition) is 4. The molecule has 0 heterocycles. The fraction of sp³-hybridized carbons (Fsp3) is 0.375. The van der Waals surface area contributed by atoms with E-state index in [1.165, 1.54) is 7.11 Å². The summed E-state index contributed by atoms with van der Waals surface area (Å²) in [6.45, 7) is 4.37. The number of methoxy groups -OCH3 is 1. The predicted molar refractivity (Wildman–Crippen MR) is 89.5 cm³/mol. The van der Waals surface area contributed by atoms with E-state index in [9.17, 15) is 14.7 Å². The number of rotatable bonds is 10. The zero-order valence-electron chi connectivity index (χ0n) is 12.9. The van der Waals surface area contributed by atoms with Gasteiger partial charge in [0.1, 0.15) is 5.75 Å². The Bertz CT molecular complexity index is 561. The van der Waals surface area contributed by atoms with E-state index < -0.39 is 12.0 Å². The number of carboxylic acid groups (broad SMARTS) is 1. The summed E-state index contributed by atoms with van der Waals surface area (Å²) in [5, 5.41) is 11.8. The van der Waals surface area contributed by atoms with Crippen LogP contribution in [0.25, 0.3) is 0 Å². The summed E-state index contributed by atoms with van der Waals surface area (Å²) < 4.78 is 10.9. The highest BCUT2D eigenvalue weighted by atomic mass is 79.9. The fourth-order valence-corrected chi connectivity index (χ4v) is 2.44. The molecule has 2 N–H and O–H groups in total. The van der Waals surface area contributed by atoms with Crippen molar-refractivity contribution in [3.63, 3.8) is 0 Å². The molecule has 7 heteroatoms. The highest BCUT2D eigenvalue weighted by Gasteiger charge is 2.22. The number of carbonyl (C=O) groups excluding carboxylic acids is 1. The van der Waals surface area contributed by atoms with Gasteiger partial charge in [0.15, 0.2) is 6.04 Å². The first-order chi connectivity index (χ1) is 11.0. The third-order valence-electron chi connectivity index (χ3n) is 2.99.